The first kappa shape index (κ1) is 13.8. The van der Waals surface area contributed by atoms with Crippen LogP contribution >= 0.6 is 0 Å². The summed E-state index contributed by atoms with van der Waals surface area (Å²) >= 11 is 0. The minimum atomic E-state index is -0.154. The van der Waals surface area contributed by atoms with Gasteiger partial charge >= 0.3 is 0 Å². The molecule has 0 spiro atoms. The Labute approximate surface area is 109 Å². The van der Waals surface area contributed by atoms with Crippen molar-refractivity contribution in [2.45, 2.75) is 32.6 Å². The lowest BCUT2D eigenvalue weighted by Crippen LogP contribution is -2.55. The number of nitrogens with zero attached hydrogens (tertiary/aromatic N) is 1. The number of ether oxygens (including phenoxy) is 1. The zero-order valence-electron chi connectivity index (χ0n) is 11.3. The maximum Gasteiger partial charge on any atom is 0.240 e. The summed E-state index contributed by atoms with van der Waals surface area (Å²) in [6.07, 6.45) is 3.97. The van der Waals surface area contributed by atoms with Gasteiger partial charge in [0.05, 0.1) is 18.6 Å². The summed E-state index contributed by atoms with van der Waals surface area (Å²) in [5, 5.41) is 5.35. The monoisotopic (exact) mass is 255 g/mol. The second kappa shape index (κ2) is 6.50. The fraction of sp³-hybridized carbons (Fsp3) is 0.923. The average molecular weight is 255 g/mol. The second-order valence-corrected chi connectivity index (χ2v) is 5.32. The van der Waals surface area contributed by atoms with Crippen LogP contribution in [0.1, 0.15) is 32.6 Å². The summed E-state index contributed by atoms with van der Waals surface area (Å²) in [6.45, 7) is 7.09. The second-order valence-electron chi connectivity index (χ2n) is 5.32. The first-order valence-corrected chi connectivity index (χ1v) is 7.11. The molecule has 2 aliphatic rings. The third-order valence-electron chi connectivity index (χ3n) is 4.04. The first-order chi connectivity index (χ1) is 8.77. The van der Waals surface area contributed by atoms with E-state index in [4.69, 9.17) is 4.74 Å². The standard InChI is InChI=1S/C13H25N3O2/c1-2-3-13(4-6-14-7-5-13)12(17)15-16-8-10-18-11-9-16/h14H,2-11H2,1H3,(H,15,17). The third-order valence-corrected chi connectivity index (χ3v) is 4.04. The number of hydrogen-bond donors (Lipinski definition) is 2. The molecule has 0 saturated carbocycles. The quantitative estimate of drug-likeness (QED) is 0.769. The van der Waals surface area contributed by atoms with Crippen LogP contribution in [0.4, 0.5) is 0 Å². The van der Waals surface area contributed by atoms with Crippen LogP contribution in [0.15, 0.2) is 0 Å². The van der Waals surface area contributed by atoms with E-state index in [9.17, 15) is 4.79 Å². The van der Waals surface area contributed by atoms with Crippen LogP contribution in [0, 0.1) is 5.41 Å². The summed E-state index contributed by atoms with van der Waals surface area (Å²) in [6, 6.07) is 0. The van der Waals surface area contributed by atoms with E-state index >= 15 is 0 Å². The number of rotatable bonds is 4. The summed E-state index contributed by atoms with van der Waals surface area (Å²) in [5.41, 5.74) is 2.95. The topological polar surface area (TPSA) is 53.6 Å². The Morgan fingerprint density at radius 1 is 1.33 bits per heavy atom. The van der Waals surface area contributed by atoms with Crippen molar-refractivity contribution in [3.63, 3.8) is 0 Å². The van der Waals surface area contributed by atoms with Gasteiger partial charge in [0, 0.05) is 13.1 Å². The highest BCUT2D eigenvalue weighted by atomic mass is 16.5. The van der Waals surface area contributed by atoms with E-state index in [0.29, 0.717) is 13.2 Å². The van der Waals surface area contributed by atoms with E-state index in [2.05, 4.69) is 17.7 Å². The van der Waals surface area contributed by atoms with E-state index in [1.165, 1.54) is 0 Å². The average Bonchev–Trinajstić information content (AvgIpc) is 2.41. The van der Waals surface area contributed by atoms with Gasteiger partial charge in [0.1, 0.15) is 0 Å². The van der Waals surface area contributed by atoms with Gasteiger partial charge in [-0.3, -0.25) is 10.2 Å². The number of amides is 1. The Morgan fingerprint density at radius 2 is 2.00 bits per heavy atom. The van der Waals surface area contributed by atoms with E-state index in [0.717, 1.165) is 51.9 Å². The molecule has 0 bridgehead atoms. The lowest BCUT2D eigenvalue weighted by atomic mass is 9.75. The van der Waals surface area contributed by atoms with E-state index in [1.54, 1.807) is 0 Å². The molecule has 2 aliphatic heterocycles. The van der Waals surface area contributed by atoms with Gasteiger partial charge in [-0.05, 0) is 32.4 Å². The normalized spacial score (nSPS) is 24.7. The molecule has 0 aromatic carbocycles. The minimum absolute atomic E-state index is 0.154. The van der Waals surface area contributed by atoms with Crippen molar-refractivity contribution in [3.05, 3.63) is 0 Å². The number of hydrazine groups is 1. The van der Waals surface area contributed by atoms with Crippen molar-refractivity contribution in [2.24, 2.45) is 5.41 Å². The van der Waals surface area contributed by atoms with Crippen LogP contribution < -0.4 is 10.7 Å². The van der Waals surface area contributed by atoms with E-state index in [-0.39, 0.29) is 11.3 Å². The van der Waals surface area contributed by atoms with Crippen molar-refractivity contribution in [2.75, 3.05) is 39.4 Å². The maximum atomic E-state index is 12.6. The molecule has 5 nitrogen and oxygen atoms in total. The van der Waals surface area contributed by atoms with Crippen LogP contribution in [0.25, 0.3) is 0 Å². The Hall–Kier alpha value is -0.650. The largest absolute Gasteiger partial charge is 0.379 e. The van der Waals surface area contributed by atoms with Crippen molar-refractivity contribution in [1.29, 1.82) is 0 Å². The number of morpholine rings is 1. The highest BCUT2D eigenvalue weighted by Gasteiger charge is 2.39. The van der Waals surface area contributed by atoms with Crippen molar-refractivity contribution in [3.8, 4) is 0 Å². The molecule has 2 saturated heterocycles. The fourth-order valence-corrected chi connectivity index (χ4v) is 2.91. The minimum Gasteiger partial charge on any atom is -0.379 e. The molecule has 5 heteroatoms. The van der Waals surface area contributed by atoms with Crippen molar-refractivity contribution >= 4 is 5.91 Å². The van der Waals surface area contributed by atoms with Crippen LogP contribution in [-0.2, 0) is 9.53 Å². The molecule has 18 heavy (non-hydrogen) atoms. The zero-order chi connectivity index (χ0) is 12.8. The Bertz CT molecular complexity index is 266. The number of carbonyl (C=O) groups is 1. The molecule has 0 aromatic rings. The first-order valence-electron chi connectivity index (χ1n) is 7.11. The molecule has 1 amide bonds. The highest BCUT2D eigenvalue weighted by molar-refractivity contribution is 5.82. The Morgan fingerprint density at radius 3 is 2.61 bits per heavy atom. The molecule has 2 N–H and O–H groups in total. The van der Waals surface area contributed by atoms with Crippen LogP contribution in [-0.4, -0.2) is 50.3 Å². The predicted molar refractivity (Wildman–Crippen MR) is 70.0 cm³/mol. The van der Waals surface area contributed by atoms with Gasteiger partial charge in [-0.25, -0.2) is 5.01 Å². The lowest BCUT2D eigenvalue weighted by molar-refractivity contribution is -0.140. The summed E-state index contributed by atoms with van der Waals surface area (Å²) in [5.74, 6) is 0.216. The van der Waals surface area contributed by atoms with Crippen LogP contribution in [0.2, 0.25) is 0 Å². The van der Waals surface area contributed by atoms with Gasteiger partial charge in [0.25, 0.3) is 0 Å². The lowest BCUT2D eigenvalue weighted by Gasteiger charge is -2.38. The molecular weight excluding hydrogens is 230 g/mol. The number of piperidine rings is 1. The smallest absolute Gasteiger partial charge is 0.240 e. The molecule has 0 aliphatic carbocycles. The summed E-state index contributed by atoms with van der Waals surface area (Å²) < 4.78 is 5.30. The highest BCUT2D eigenvalue weighted by Crippen LogP contribution is 2.34. The molecule has 0 aromatic heterocycles. The molecule has 0 radical (unpaired) electrons. The van der Waals surface area contributed by atoms with Crippen LogP contribution in [0.3, 0.4) is 0 Å². The van der Waals surface area contributed by atoms with E-state index < -0.39 is 0 Å². The van der Waals surface area contributed by atoms with Gasteiger partial charge in [-0.2, -0.15) is 0 Å². The molecular formula is C13H25N3O2. The van der Waals surface area contributed by atoms with Crippen LogP contribution in [0.5, 0.6) is 0 Å². The Kier molecular flexibility index (Phi) is 4.97. The molecule has 2 fully saturated rings. The van der Waals surface area contributed by atoms with Crippen molar-refractivity contribution in [1.82, 2.24) is 15.8 Å². The number of hydrogen-bond acceptors (Lipinski definition) is 4. The molecule has 104 valence electrons. The van der Waals surface area contributed by atoms with E-state index in [1.807, 2.05) is 5.01 Å². The van der Waals surface area contributed by atoms with Crippen molar-refractivity contribution < 1.29 is 9.53 Å². The third kappa shape index (κ3) is 3.22. The Balaban J connectivity index is 1.94. The fourth-order valence-electron chi connectivity index (χ4n) is 2.91. The molecule has 0 unspecified atom stereocenters. The SMILES string of the molecule is CCCC1(C(=O)NN2CCOCC2)CCNCC1. The molecule has 2 rings (SSSR count). The predicted octanol–water partition coefficient (Wildman–Crippen LogP) is 0.520. The van der Waals surface area contributed by atoms with Gasteiger partial charge in [0.2, 0.25) is 5.91 Å². The zero-order valence-corrected chi connectivity index (χ0v) is 11.3. The van der Waals surface area contributed by atoms with Gasteiger partial charge in [0.15, 0.2) is 0 Å². The molecule has 2 heterocycles. The number of nitrogens with one attached hydrogen (secondary N) is 2. The van der Waals surface area contributed by atoms with Gasteiger partial charge < -0.3 is 10.1 Å². The van der Waals surface area contributed by atoms with Gasteiger partial charge in [-0.1, -0.05) is 13.3 Å². The molecule has 0 atom stereocenters. The number of carbonyl (C=O) groups excluding carboxylic acids is 1. The summed E-state index contributed by atoms with van der Waals surface area (Å²) in [4.78, 5) is 12.6. The summed E-state index contributed by atoms with van der Waals surface area (Å²) in [7, 11) is 0. The van der Waals surface area contributed by atoms with Gasteiger partial charge in [-0.15, -0.1) is 0 Å². The maximum absolute atomic E-state index is 12.6.